The summed E-state index contributed by atoms with van der Waals surface area (Å²) in [7, 11) is 4.19. The lowest BCUT2D eigenvalue weighted by Crippen LogP contribution is -2.50. The number of nitrogens with zero attached hydrogens (tertiary/aromatic N) is 1. The van der Waals surface area contributed by atoms with Crippen LogP contribution >= 0.6 is 27.5 Å². The van der Waals surface area contributed by atoms with Gasteiger partial charge in [-0.25, -0.2) is 0 Å². The van der Waals surface area contributed by atoms with E-state index in [1.165, 1.54) is 12.8 Å². The van der Waals surface area contributed by atoms with Crippen LogP contribution in [0.15, 0.2) is 22.7 Å². The van der Waals surface area contributed by atoms with E-state index in [0.717, 1.165) is 17.3 Å². The quantitative estimate of drug-likeness (QED) is 0.889. The Bertz CT molecular complexity index is 499. The standard InChI is InChI=1S/C15H20BrClN2O/c1-19(2)15(7-3-4-8-15)10-18-14(20)11-5-6-13(17)12(16)9-11/h5-6,9H,3-4,7-8,10H2,1-2H3,(H,18,20). The summed E-state index contributed by atoms with van der Waals surface area (Å²) in [5, 5.41) is 3.68. The van der Waals surface area contributed by atoms with Crippen LogP contribution in [0.25, 0.3) is 0 Å². The van der Waals surface area contributed by atoms with Crippen LogP contribution in [0.5, 0.6) is 0 Å². The van der Waals surface area contributed by atoms with E-state index in [1.54, 1.807) is 18.2 Å². The Hall–Kier alpha value is -0.580. The second-order valence-corrected chi connectivity index (χ2v) is 6.90. The molecule has 3 nitrogen and oxygen atoms in total. The molecule has 0 heterocycles. The van der Waals surface area contributed by atoms with E-state index in [9.17, 15) is 4.79 Å². The molecule has 0 saturated heterocycles. The molecule has 20 heavy (non-hydrogen) atoms. The fourth-order valence-corrected chi connectivity index (χ4v) is 3.30. The summed E-state index contributed by atoms with van der Waals surface area (Å²) in [6.45, 7) is 0.694. The van der Waals surface area contributed by atoms with E-state index in [1.807, 2.05) is 0 Å². The number of carbonyl (C=O) groups is 1. The highest BCUT2D eigenvalue weighted by Gasteiger charge is 2.36. The minimum Gasteiger partial charge on any atom is -0.350 e. The van der Waals surface area contributed by atoms with Gasteiger partial charge in [-0.1, -0.05) is 24.4 Å². The van der Waals surface area contributed by atoms with Crippen molar-refractivity contribution < 1.29 is 4.79 Å². The van der Waals surface area contributed by atoms with Gasteiger partial charge in [0, 0.05) is 22.1 Å². The Kier molecular flexibility index (Phi) is 5.10. The van der Waals surface area contributed by atoms with Gasteiger partial charge in [-0.05, 0) is 61.1 Å². The van der Waals surface area contributed by atoms with Crippen molar-refractivity contribution in [2.75, 3.05) is 20.6 Å². The van der Waals surface area contributed by atoms with Gasteiger partial charge in [0.25, 0.3) is 5.91 Å². The number of amides is 1. The third-order valence-electron chi connectivity index (χ3n) is 4.24. The molecule has 0 unspecified atom stereocenters. The van der Waals surface area contributed by atoms with Crippen molar-refractivity contribution >= 4 is 33.4 Å². The molecule has 1 amide bonds. The average Bonchev–Trinajstić information content (AvgIpc) is 2.89. The van der Waals surface area contributed by atoms with E-state index >= 15 is 0 Å². The number of halogens is 2. The van der Waals surface area contributed by atoms with Crippen molar-refractivity contribution in [3.05, 3.63) is 33.3 Å². The van der Waals surface area contributed by atoms with Crippen molar-refractivity contribution in [2.24, 2.45) is 0 Å². The molecule has 1 aliphatic rings. The van der Waals surface area contributed by atoms with Gasteiger partial charge in [0.1, 0.15) is 0 Å². The number of rotatable bonds is 4. The maximum atomic E-state index is 12.2. The zero-order valence-corrected chi connectivity index (χ0v) is 14.2. The molecule has 5 heteroatoms. The number of likely N-dealkylation sites (N-methyl/N-ethyl adjacent to an activating group) is 1. The molecule has 2 rings (SSSR count). The zero-order valence-electron chi connectivity index (χ0n) is 11.9. The monoisotopic (exact) mass is 358 g/mol. The molecule has 0 spiro atoms. The van der Waals surface area contributed by atoms with Crippen LogP contribution in [0.3, 0.4) is 0 Å². The normalized spacial score (nSPS) is 17.4. The Labute approximate surface area is 133 Å². The molecule has 1 saturated carbocycles. The maximum Gasteiger partial charge on any atom is 0.251 e. The predicted octanol–water partition coefficient (Wildman–Crippen LogP) is 3.71. The summed E-state index contributed by atoms with van der Waals surface area (Å²) < 4.78 is 0.745. The summed E-state index contributed by atoms with van der Waals surface area (Å²) in [5.74, 6) is -0.0458. The Morgan fingerprint density at radius 2 is 2.05 bits per heavy atom. The van der Waals surface area contributed by atoms with E-state index in [2.05, 4.69) is 40.2 Å². The van der Waals surface area contributed by atoms with Gasteiger partial charge in [-0.3, -0.25) is 4.79 Å². The van der Waals surface area contributed by atoms with Crippen LogP contribution < -0.4 is 5.32 Å². The van der Waals surface area contributed by atoms with Crippen molar-refractivity contribution in [3.63, 3.8) is 0 Å². The molecule has 1 N–H and O–H groups in total. The van der Waals surface area contributed by atoms with Crippen LogP contribution in [0.2, 0.25) is 5.02 Å². The summed E-state index contributed by atoms with van der Waals surface area (Å²) in [6, 6.07) is 5.24. The molecule has 1 aromatic carbocycles. The minimum absolute atomic E-state index is 0.0458. The van der Waals surface area contributed by atoms with Gasteiger partial charge in [-0.15, -0.1) is 0 Å². The van der Waals surface area contributed by atoms with Gasteiger partial charge in [0.05, 0.1) is 5.02 Å². The third kappa shape index (κ3) is 3.35. The molecule has 1 fully saturated rings. The molecule has 0 atom stereocenters. The summed E-state index contributed by atoms with van der Waals surface area (Å²) >= 11 is 9.29. The van der Waals surface area contributed by atoms with E-state index in [0.29, 0.717) is 17.1 Å². The Morgan fingerprint density at radius 1 is 1.40 bits per heavy atom. The van der Waals surface area contributed by atoms with Crippen molar-refractivity contribution in [1.29, 1.82) is 0 Å². The van der Waals surface area contributed by atoms with Gasteiger partial charge >= 0.3 is 0 Å². The molecule has 0 bridgehead atoms. The lowest BCUT2D eigenvalue weighted by molar-refractivity contribution is 0.0900. The van der Waals surface area contributed by atoms with Gasteiger partial charge in [0.15, 0.2) is 0 Å². The fraction of sp³-hybridized carbons (Fsp3) is 0.533. The van der Waals surface area contributed by atoms with Crippen LogP contribution in [-0.4, -0.2) is 37.0 Å². The fourth-order valence-electron chi connectivity index (χ4n) is 2.80. The van der Waals surface area contributed by atoms with Crippen molar-refractivity contribution in [3.8, 4) is 0 Å². The van der Waals surface area contributed by atoms with Crippen molar-refractivity contribution in [1.82, 2.24) is 10.2 Å². The number of hydrogen-bond acceptors (Lipinski definition) is 2. The zero-order chi connectivity index (χ0) is 14.8. The maximum absolute atomic E-state index is 12.2. The smallest absolute Gasteiger partial charge is 0.251 e. The SMILES string of the molecule is CN(C)C1(CNC(=O)c2ccc(Cl)c(Br)c2)CCCC1. The van der Waals surface area contributed by atoms with Gasteiger partial charge in [-0.2, -0.15) is 0 Å². The molecule has 0 aromatic heterocycles. The van der Waals surface area contributed by atoms with E-state index < -0.39 is 0 Å². The first-order valence-electron chi connectivity index (χ1n) is 6.85. The van der Waals surface area contributed by atoms with Crippen LogP contribution in [0.1, 0.15) is 36.0 Å². The number of nitrogens with one attached hydrogen (secondary N) is 1. The molecule has 110 valence electrons. The van der Waals surface area contributed by atoms with Gasteiger partial charge < -0.3 is 10.2 Å². The molecular formula is C15H20BrClN2O. The number of benzene rings is 1. The largest absolute Gasteiger partial charge is 0.350 e. The summed E-state index contributed by atoms with van der Waals surface area (Å²) in [6.07, 6.45) is 4.76. The molecule has 1 aliphatic carbocycles. The molecular weight excluding hydrogens is 340 g/mol. The first-order valence-corrected chi connectivity index (χ1v) is 8.02. The van der Waals surface area contributed by atoms with Gasteiger partial charge in [0.2, 0.25) is 0 Å². The van der Waals surface area contributed by atoms with E-state index in [-0.39, 0.29) is 11.4 Å². The highest BCUT2D eigenvalue weighted by molar-refractivity contribution is 9.10. The van der Waals surface area contributed by atoms with Crippen molar-refractivity contribution in [2.45, 2.75) is 31.2 Å². The minimum atomic E-state index is -0.0458. The second kappa shape index (κ2) is 6.46. The van der Waals surface area contributed by atoms with Crippen LogP contribution in [0, 0.1) is 0 Å². The summed E-state index contributed by atoms with van der Waals surface area (Å²) in [4.78, 5) is 14.5. The predicted molar refractivity (Wildman–Crippen MR) is 86.4 cm³/mol. The van der Waals surface area contributed by atoms with Crippen LogP contribution in [0.4, 0.5) is 0 Å². The lowest BCUT2D eigenvalue weighted by atomic mass is 9.96. The second-order valence-electron chi connectivity index (χ2n) is 5.64. The average molecular weight is 360 g/mol. The molecule has 1 aromatic rings. The highest BCUT2D eigenvalue weighted by atomic mass is 79.9. The molecule has 0 radical (unpaired) electrons. The first kappa shape index (κ1) is 15.8. The van der Waals surface area contributed by atoms with Crippen LogP contribution in [-0.2, 0) is 0 Å². The molecule has 0 aliphatic heterocycles. The summed E-state index contributed by atoms with van der Waals surface area (Å²) in [5.41, 5.74) is 0.743. The Morgan fingerprint density at radius 3 is 2.60 bits per heavy atom. The number of hydrogen-bond donors (Lipinski definition) is 1. The lowest BCUT2D eigenvalue weighted by Gasteiger charge is -2.36. The highest BCUT2D eigenvalue weighted by Crippen LogP contribution is 2.33. The first-order chi connectivity index (χ1) is 9.44. The Balaban J connectivity index is 2.02. The topological polar surface area (TPSA) is 32.3 Å². The number of carbonyl (C=O) groups excluding carboxylic acids is 1. The third-order valence-corrected chi connectivity index (χ3v) is 5.46. The van der Waals surface area contributed by atoms with E-state index in [4.69, 9.17) is 11.6 Å².